The Bertz CT molecular complexity index is 1500. The van der Waals surface area contributed by atoms with E-state index in [9.17, 15) is 18.0 Å². The Morgan fingerprint density at radius 1 is 1.16 bits per heavy atom. The van der Waals surface area contributed by atoms with Crippen LogP contribution in [0.25, 0.3) is 11.6 Å². The predicted molar refractivity (Wildman–Crippen MR) is 136 cm³/mol. The molecule has 2 aromatic heterocycles. The van der Waals surface area contributed by atoms with Crippen molar-refractivity contribution in [1.29, 1.82) is 0 Å². The molecule has 3 aromatic rings. The Hall–Kier alpha value is -4.03. The van der Waals surface area contributed by atoms with Crippen molar-refractivity contribution in [3.63, 3.8) is 0 Å². The third kappa shape index (κ3) is 4.56. The zero-order valence-electron chi connectivity index (χ0n) is 19.6. The van der Waals surface area contributed by atoms with Crippen molar-refractivity contribution in [1.82, 2.24) is 15.0 Å². The molecular weight excluding hydrogens is 523 g/mol. The summed E-state index contributed by atoms with van der Waals surface area (Å²) in [7, 11) is 0. The lowest BCUT2D eigenvalue weighted by Gasteiger charge is -2.30. The molecule has 1 aromatic carbocycles. The average Bonchev–Trinajstić information content (AvgIpc) is 3.37. The minimum atomic E-state index is -4.59. The van der Waals surface area contributed by atoms with Gasteiger partial charge >= 0.3 is 6.18 Å². The molecule has 3 aliphatic rings. The van der Waals surface area contributed by atoms with E-state index in [4.69, 9.17) is 16.3 Å². The van der Waals surface area contributed by atoms with Gasteiger partial charge in [0.15, 0.2) is 0 Å². The lowest BCUT2D eigenvalue weighted by molar-refractivity contribution is -0.137. The van der Waals surface area contributed by atoms with Gasteiger partial charge in [-0.2, -0.15) is 18.2 Å². The number of amidine groups is 1. The van der Waals surface area contributed by atoms with E-state index in [1.807, 2.05) is 11.0 Å². The summed E-state index contributed by atoms with van der Waals surface area (Å²) >= 11 is 6.56. The Morgan fingerprint density at radius 3 is 2.76 bits per heavy atom. The number of hydrogen-bond acceptors (Lipinski definition) is 8. The van der Waals surface area contributed by atoms with E-state index in [2.05, 4.69) is 30.6 Å². The van der Waals surface area contributed by atoms with Crippen LogP contribution in [0.5, 0.6) is 0 Å². The average molecular weight is 542 g/mol. The second-order valence-electron chi connectivity index (χ2n) is 8.84. The molecule has 0 atom stereocenters. The van der Waals surface area contributed by atoms with Gasteiger partial charge in [0.2, 0.25) is 5.95 Å². The number of aromatic nitrogens is 3. The van der Waals surface area contributed by atoms with Crippen LogP contribution < -0.4 is 15.5 Å². The summed E-state index contributed by atoms with van der Waals surface area (Å²) in [6, 6.07) is 6.51. The van der Waals surface area contributed by atoms with Gasteiger partial charge in [0, 0.05) is 46.3 Å². The van der Waals surface area contributed by atoms with E-state index in [0.29, 0.717) is 66.0 Å². The van der Waals surface area contributed by atoms with E-state index in [1.54, 1.807) is 24.4 Å². The molecule has 2 N–H and O–H groups in total. The van der Waals surface area contributed by atoms with Crippen molar-refractivity contribution in [2.45, 2.75) is 12.2 Å². The summed E-state index contributed by atoms with van der Waals surface area (Å²) in [4.78, 5) is 32.2. The number of nitrogens with zero attached hydrogens (tertiary/aromatic N) is 5. The van der Waals surface area contributed by atoms with Gasteiger partial charge in [-0.05, 0) is 36.4 Å². The van der Waals surface area contributed by atoms with Crippen LogP contribution in [0.15, 0.2) is 47.7 Å². The summed E-state index contributed by atoms with van der Waals surface area (Å²) < 4.78 is 44.4. The summed E-state index contributed by atoms with van der Waals surface area (Å²) in [5.74, 6) is 1.13. The van der Waals surface area contributed by atoms with Crippen molar-refractivity contribution in [3.05, 3.63) is 70.1 Å². The number of benzene rings is 1. The number of carbonyl (C=O) groups is 1. The zero-order valence-corrected chi connectivity index (χ0v) is 20.3. The Kier molecular flexibility index (Phi) is 6.00. The molecule has 194 valence electrons. The van der Waals surface area contributed by atoms with Crippen LogP contribution in [-0.2, 0) is 10.9 Å². The number of ether oxygens (including phenoxy) is 1. The van der Waals surface area contributed by atoms with Gasteiger partial charge in [-0.25, -0.2) is 4.98 Å². The number of pyridine rings is 1. The molecule has 0 bridgehead atoms. The maximum atomic E-state index is 13.1. The third-order valence-corrected chi connectivity index (χ3v) is 6.57. The summed E-state index contributed by atoms with van der Waals surface area (Å²) in [5, 5.41) is 6.27. The molecule has 13 heteroatoms. The highest BCUT2D eigenvalue weighted by Crippen LogP contribution is 2.38. The standard InChI is InChI=1S/C25H19ClF3N7O2/c26-19-2-1-15(33-23(37)20-8-14(3-4-30-20)25(27,28)29)9-17(19)18-7-13-10-32-24(34-16-11-38-12-16)35-21(13)36-6-5-31-22(18)36/h1-4,7-10,16H,5-6,11-12H2,(H,33,37)(H,32,34,35). The van der Waals surface area contributed by atoms with Gasteiger partial charge in [-0.15, -0.1) is 0 Å². The SMILES string of the molecule is O=C(Nc1ccc(Cl)c(C2=Cc3cnc(NC4COC4)nc3N3CCN=C23)c1)c1cc(C(F)(F)F)ccn1. The highest BCUT2D eigenvalue weighted by Gasteiger charge is 2.33. The molecule has 1 fully saturated rings. The second-order valence-corrected chi connectivity index (χ2v) is 9.25. The van der Waals surface area contributed by atoms with Gasteiger partial charge in [-0.1, -0.05) is 11.6 Å². The van der Waals surface area contributed by atoms with Crippen LogP contribution in [0.1, 0.15) is 27.2 Å². The predicted octanol–water partition coefficient (Wildman–Crippen LogP) is 4.38. The first-order valence-electron chi connectivity index (χ1n) is 11.7. The molecule has 3 aliphatic heterocycles. The topological polar surface area (TPSA) is 105 Å². The lowest BCUT2D eigenvalue weighted by atomic mass is 9.98. The minimum Gasteiger partial charge on any atom is -0.377 e. The van der Waals surface area contributed by atoms with E-state index < -0.39 is 17.6 Å². The van der Waals surface area contributed by atoms with Crippen molar-refractivity contribution < 1.29 is 22.7 Å². The fraction of sp³-hybridized carbons (Fsp3) is 0.240. The summed E-state index contributed by atoms with van der Waals surface area (Å²) in [5.41, 5.74) is 1.10. The van der Waals surface area contributed by atoms with Gasteiger partial charge in [0.25, 0.3) is 5.91 Å². The molecule has 1 amide bonds. The molecule has 0 spiro atoms. The minimum absolute atomic E-state index is 0.178. The molecule has 9 nitrogen and oxygen atoms in total. The quantitative estimate of drug-likeness (QED) is 0.494. The van der Waals surface area contributed by atoms with Crippen molar-refractivity contribution in [2.75, 3.05) is 41.8 Å². The fourth-order valence-corrected chi connectivity index (χ4v) is 4.53. The largest absolute Gasteiger partial charge is 0.416 e. The van der Waals surface area contributed by atoms with Crippen LogP contribution >= 0.6 is 11.6 Å². The van der Waals surface area contributed by atoms with Crippen molar-refractivity contribution in [2.24, 2.45) is 4.99 Å². The van der Waals surface area contributed by atoms with E-state index >= 15 is 0 Å². The molecule has 0 aliphatic carbocycles. The van der Waals surface area contributed by atoms with Gasteiger partial charge in [0.1, 0.15) is 17.3 Å². The number of nitrogens with one attached hydrogen (secondary N) is 2. The van der Waals surface area contributed by atoms with Crippen molar-refractivity contribution >= 4 is 52.4 Å². The number of aliphatic imine (C=N–C) groups is 1. The van der Waals surface area contributed by atoms with Gasteiger partial charge in [-0.3, -0.25) is 14.8 Å². The molecule has 1 saturated heterocycles. The fourth-order valence-electron chi connectivity index (χ4n) is 4.31. The second kappa shape index (κ2) is 9.37. The van der Waals surface area contributed by atoms with Crippen LogP contribution in [0.2, 0.25) is 5.02 Å². The van der Waals surface area contributed by atoms with Gasteiger partial charge in [0.05, 0.1) is 31.4 Å². The Labute approximate surface area is 219 Å². The highest BCUT2D eigenvalue weighted by atomic mass is 35.5. The van der Waals surface area contributed by atoms with Crippen LogP contribution in [0.3, 0.4) is 0 Å². The number of hydrogen-bond donors (Lipinski definition) is 2. The number of amides is 1. The number of anilines is 3. The number of fused-ring (bicyclic) bond motifs is 3. The molecule has 38 heavy (non-hydrogen) atoms. The van der Waals surface area contributed by atoms with Crippen LogP contribution in [0.4, 0.5) is 30.6 Å². The monoisotopic (exact) mass is 541 g/mol. The molecular formula is C25H19ClF3N7O2. The Balaban J connectivity index is 1.30. The zero-order chi connectivity index (χ0) is 26.4. The molecule has 6 rings (SSSR count). The smallest absolute Gasteiger partial charge is 0.377 e. The highest BCUT2D eigenvalue weighted by molar-refractivity contribution is 6.40. The number of halogens is 4. The number of rotatable bonds is 5. The molecule has 0 radical (unpaired) electrons. The first kappa shape index (κ1) is 24.3. The van der Waals surface area contributed by atoms with E-state index in [-0.39, 0.29) is 11.7 Å². The first-order valence-corrected chi connectivity index (χ1v) is 12.0. The van der Waals surface area contributed by atoms with E-state index in [0.717, 1.165) is 23.6 Å². The summed E-state index contributed by atoms with van der Waals surface area (Å²) in [6.07, 6.45) is -0.0359. The number of alkyl halides is 3. The molecule has 0 unspecified atom stereocenters. The lowest BCUT2D eigenvalue weighted by Crippen LogP contribution is -2.41. The molecule has 0 saturated carbocycles. The normalized spacial score (nSPS) is 16.7. The maximum Gasteiger partial charge on any atom is 0.416 e. The van der Waals surface area contributed by atoms with Gasteiger partial charge < -0.3 is 20.3 Å². The van der Waals surface area contributed by atoms with E-state index in [1.165, 1.54) is 0 Å². The molecule has 5 heterocycles. The Morgan fingerprint density at radius 2 is 2.00 bits per heavy atom. The summed E-state index contributed by atoms with van der Waals surface area (Å²) in [6.45, 7) is 2.40. The maximum absolute atomic E-state index is 13.1. The first-order chi connectivity index (χ1) is 18.3. The van der Waals surface area contributed by atoms with Crippen LogP contribution in [0, 0.1) is 0 Å². The van der Waals surface area contributed by atoms with Crippen LogP contribution in [-0.4, -0.2) is 59.0 Å². The van der Waals surface area contributed by atoms with Crippen molar-refractivity contribution in [3.8, 4) is 0 Å². The third-order valence-electron chi connectivity index (χ3n) is 6.24. The number of carbonyl (C=O) groups excluding carboxylic acids is 1.